The number of methoxy groups -OCH3 is 1. The van der Waals surface area contributed by atoms with Crippen LogP contribution in [0.15, 0.2) is 24.3 Å². The highest BCUT2D eigenvalue weighted by Crippen LogP contribution is 2.37. The van der Waals surface area contributed by atoms with Crippen LogP contribution >= 0.6 is 0 Å². The summed E-state index contributed by atoms with van der Waals surface area (Å²) in [6.45, 7) is 4.24. The molecule has 1 aliphatic heterocycles. The SMILES string of the molecule is COc1ccccc1NC1(C(=O)O)CCOC(C)(C)C1. The zero-order valence-electron chi connectivity index (χ0n) is 12.1. The number of hydrogen-bond acceptors (Lipinski definition) is 4. The number of carboxylic acid groups (broad SMARTS) is 1. The maximum Gasteiger partial charge on any atom is 0.329 e. The normalized spacial score (nSPS) is 24.9. The van der Waals surface area contributed by atoms with E-state index in [0.29, 0.717) is 30.9 Å². The first-order valence-electron chi connectivity index (χ1n) is 6.67. The lowest BCUT2D eigenvalue weighted by Gasteiger charge is -2.43. The third-order valence-corrected chi connectivity index (χ3v) is 3.64. The Morgan fingerprint density at radius 2 is 2.10 bits per heavy atom. The number of anilines is 1. The van der Waals surface area contributed by atoms with Crippen LogP contribution in [0.25, 0.3) is 0 Å². The minimum absolute atomic E-state index is 0.396. The number of hydrogen-bond donors (Lipinski definition) is 2. The Kier molecular flexibility index (Phi) is 3.90. The van der Waals surface area contributed by atoms with Gasteiger partial charge in [0.05, 0.1) is 25.0 Å². The van der Waals surface area contributed by atoms with E-state index >= 15 is 0 Å². The van der Waals surface area contributed by atoms with Gasteiger partial charge in [0.25, 0.3) is 0 Å². The fraction of sp³-hybridized carbons (Fsp3) is 0.533. The van der Waals surface area contributed by atoms with Crippen molar-refractivity contribution in [3.8, 4) is 5.75 Å². The minimum atomic E-state index is -1.03. The van der Waals surface area contributed by atoms with Crippen LogP contribution in [0.4, 0.5) is 5.69 Å². The summed E-state index contributed by atoms with van der Waals surface area (Å²) in [4.78, 5) is 11.8. The Morgan fingerprint density at radius 3 is 2.70 bits per heavy atom. The molecule has 5 nitrogen and oxygen atoms in total. The molecule has 1 heterocycles. The molecule has 1 fully saturated rings. The highest BCUT2D eigenvalue weighted by molar-refractivity contribution is 5.84. The Bertz CT molecular complexity index is 500. The number of para-hydroxylation sites is 2. The van der Waals surface area contributed by atoms with Gasteiger partial charge in [0.2, 0.25) is 0 Å². The molecule has 1 unspecified atom stereocenters. The number of aliphatic carboxylic acids is 1. The molecule has 5 heteroatoms. The van der Waals surface area contributed by atoms with Crippen molar-refractivity contribution in [2.24, 2.45) is 0 Å². The number of rotatable bonds is 4. The van der Waals surface area contributed by atoms with Crippen LogP contribution in [0.5, 0.6) is 5.75 Å². The van der Waals surface area contributed by atoms with E-state index < -0.39 is 17.1 Å². The van der Waals surface area contributed by atoms with Gasteiger partial charge in [0, 0.05) is 12.8 Å². The van der Waals surface area contributed by atoms with Crippen molar-refractivity contribution in [1.29, 1.82) is 0 Å². The predicted octanol–water partition coefficient (Wildman–Crippen LogP) is 2.52. The van der Waals surface area contributed by atoms with Crippen molar-refractivity contribution in [1.82, 2.24) is 0 Å². The quantitative estimate of drug-likeness (QED) is 0.886. The zero-order valence-corrected chi connectivity index (χ0v) is 12.1. The Morgan fingerprint density at radius 1 is 1.40 bits per heavy atom. The van der Waals surface area contributed by atoms with Crippen molar-refractivity contribution < 1.29 is 19.4 Å². The van der Waals surface area contributed by atoms with Crippen LogP contribution in [0.3, 0.4) is 0 Å². The summed E-state index contributed by atoms with van der Waals surface area (Å²) in [5.41, 5.74) is -0.808. The summed E-state index contributed by atoms with van der Waals surface area (Å²) < 4.78 is 10.9. The summed E-state index contributed by atoms with van der Waals surface area (Å²) in [6.07, 6.45) is 0.817. The van der Waals surface area contributed by atoms with Gasteiger partial charge in [0.15, 0.2) is 0 Å². The Labute approximate surface area is 118 Å². The first-order valence-corrected chi connectivity index (χ1v) is 6.67. The van der Waals surface area contributed by atoms with E-state index in [-0.39, 0.29) is 0 Å². The summed E-state index contributed by atoms with van der Waals surface area (Å²) in [5.74, 6) is -0.225. The van der Waals surface area contributed by atoms with Crippen LogP contribution in [0.1, 0.15) is 26.7 Å². The fourth-order valence-electron chi connectivity index (χ4n) is 2.72. The number of carboxylic acids is 1. The molecule has 0 saturated carbocycles. The van der Waals surface area contributed by atoms with Gasteiger partial charge in [-0.3, -0.25) is 0 Å². The van der Waals surface area contributed by atoms with E-state index in [2.05, 4.69) is 5.32 Å². The summed E-state index contributed by atoms with van der Waals surface area (Å²) in [7, 11) is 1.57. The minimum Gasteiger partial charge on any atom is -0.495 e. The molecule has 0 spiro atoms. The number of ether oxygens (including phenoxy) is 2. The highest BCUT2D eigenvalue weighted by Gasteiger charge is 2.47. The average Bonchev–Trinajstić information content (AvgIpc) is 2.38. The van der Waals surface area contributed by atoms with E-state index in [0.717, 1.165) is 0 Å². The van der Waals surface area contributed by atoms with Crippen LogP contribution in [-0.2, 0) is 9.53 Å². The monoisotopic (exact) mass is 279 g/mol. The highest BCUT2D eigenvalue weighted by atomic mass is 16.5. The van der Waals surface area contributed by atoms with Crippen molar-refractivity contribution in [2.75, 3.05) is 19.0 Å². The summed E-state index contributed by atoms with van der Waals surface area (Å²) >= 11 is 0. The largest absolute Gasteiger partial charge is 0.495 e. The van der Waals surface area contributed by atoms with Gasteiger partial charge >= 0.3 is 5.97 Å². The Balaban J connectivity index is 2.32. The topological polar surface area (TPSA) is 67.8 Å². The third-order valence-electron chi connectivity index (χ3n) is 3.64. The van der Waals surface area contributed by atoms with Gasteiger partial charge in [-0.1, -0.05) is 12.1 Å². The molecule has 1 atom stereocenters. The predicted molar refractivity (Wildman–Crippen MR) is 76.2 cm³/mol. The second-order valence-electron chi connectivity index (χ2n) is 5.75. The lowest BCUT2D eigenvalue weighted by molar-refractivity contribution is -0.152. The molecule has 1 aliphatic rings. The van der Waals surface area contributed by atoms with E-state index in [4.69, 9.17) is 9.47 Å². The summed E-state index contributed by atoms with van der Waals surface area (Å²) in [6, 6.07) is 7.34. The van der Waals surface area contributed by atoms with Gasteiger partial charge in [-0.2, -0.15) is 0 Å². The van der Waals surface area contributed by atoms with Gasteiger partial charge in [-0.25, -0.2) is 4.79 Å². The van der Waals surface area contributed by atoms with E-state index in [1.54, 1.807) is 7.11 Å². The molecule has 0 bridgehead atoms. The number of carbonyl (C=O) groups is 1. The van der Waals surface area contributed by atoms with Crippen LogP contribution < -0.4 is 10.1 Å². The van der Waals surface area contributed by atoms with Crippen LogP contribution in [0, 0.1) is 0 Å². The zero-order chi connectivity index (χ0) is 14.8. The molecule has 0 amide bonds. The first kappa shape index (κ1) is 14.7. The van der Waals surface area contributed by atoms with Gasteiger partial charge in [-0.15, -0.1) is 0 Å². The van der Waals surface area contributed by atoms with Crippen molar-refractivity contribution in [2.45, 2.75) is 37.8 Å². The Hall–Kier alpha value is -1.75. The van der Waals surface area contributed by atoms with Crippen molar-refractivity contribution in [3.05, 3.63) is 24.3 Å². The average molecular weight is 279 g/mol. The molecule has 110 valence electrons. The van der Waals surface area contributed by atoms with Crippen molar-refractivity contribution in [3.63, 3.8) is 0 Å². The lowest BCUT2D eigenvalue weighted by atomic mass is 9.81. The molecule has 0 aromatic heterocycles. The molecular formula is C15H21NO4. The molecular weight excluding hydrogens is 258 g/mol. The van der Waals surface area contributed by atoms with Crippen molar-refractivity contribution >= 4 is 11.7 Å². The smallest absolute Gasteiger partial charge is 0.329 e. The van der Waals surface area contributed by atoms with Crippen LogP contribution in [0.2, 0.25) is 0 Å². The summed E-state index contributed by atoms with van der Waals surface area (Å²) in [5, 5.41) is 12.9. The van der Waals surface area contributed by atoms with E-state index in [9.17, 15) is 9.90 Å². The van der Waals surface area contributed by atoms with Gasteiger partial charge in [-0.05, 0) is 26.0 Å². The molecule has 1 saturated heterocycles. The van der Waals surface area contributed by atoms with Gasteiger partial charge in [0.1, 0.15) is 11.3 Å². The maximum atomic E-state index is 11.8. The standard InChI is InChI=1S/C15H21NO4/c1-14(2)10-15(13(17)18,8-9-20-14)16-11-6-4-5-7-12(11)19-3/h4-7,16H,8-10H2,1-3H3,(H,17,18). The van der Waals surface area contributed by atoms with Gasteiger partial charge < -0.3 is 19.9 Å². The third kappa shape index (κ3) is 2.88. The molecule has 1 aromatic rings. The molecule has 0 aliphatic carbocycles. The fourth-order valence-corrected chi connectivity index (χ4v) is 2.72. The van der Waals surface area contributed by atoms with Crippen LogP contribution in [-0.4, -0.2) is 35.9 Å². The molecule has 20 heavy (non-hydrogen) atoms. The molecule has 1 aromatic carbocycles. The number of nitrogens with one attached hydrogen (secondary N) is 1. The molecule has 2 N–H and O–H groups in total. The second-order valence-corrected chi connectivity index (χ2v) is 5.75. The van der Waals surface area contributed by atoms with E-state index in [1.807, 2.05) is 38.1 Å². The first-order chi connectivity index (χ1) is 9.38. The van der Waals surface area contributed by atoms with E-state index in [1.165, 1.54) is 0 Å². The molecule has 0 radical (unpaired) electrons. The second kappa shape index (κ2) is 5.32. The maximum absolute atomic E-state index is 11.8. The lowest BCUT2D eigenvalue weighted by Crippen LogP contribution is -2.55. The molecule has 2 rings (SSSR count). The number of benzene rings is 1.